The summed E-state index contributed by atoms with van der Waals surface area (Å²) in [6.45, 7) is 15.6. The number of amides is 1. The van der Waals surface area contributed by atoms with Gasteiger partial charge in [0, 0.05) is 0 Å². The Hall–Kier alpha value is -1.57. The molecule has 0 bridgehead atoms. The molecule has 1 aromatic carbocycles. The van der Waals surface area contributed by atoms with Gasteiger partial charge in [0.2, 0.25) is 0 Å². The largest absolute Gasteiger partial charge is 0.494 e. The van der Waals surface area contributed by atoms with Gasteiger partial charge in [-0.05, 0) is 65.1 Å². The van der Waals surface area contributed by atoms with Crippen LogP contribution in [0.4, 0.5) is 4.79 Å². The van der Waals surface area contributed by atoms with Gasteiger partial charge in [-0.1, -0.05) is 18.2 Å². The Bertz CT molecular complexity index is 712. The van der Waals surface area contributed by atoms with Gasteiger partial charge in [-0.15, -0.1) is 0 Å². The van der Waals surface area contributed by atoms with Crippen molar-refractivity contribution >= 4 is 18.7 Å². The number of benzene rings is 1. The number of carbonyl (C=O) groups is 1. The maximum absolute atomic E-state index is 12.2. The number of ether oxygens (including phenoxy) is 2. The predicted octanol–water partition coefficient (Wildman–Crippen LogP) is 3.04. The van der Waals surface area contributed by atoms with E-state index in [1.165, 1.54) is 0 Å². The van der Waals surface area contributed by atoms with Crippen molar-refractivity contribution in [1.29, 1.82) is 0 Å². The predicted molar refractivity (Wildman–Crippen MR) is 109 cm³/mol. The van der Waals surface area contributed by atoms with Crippen molar-refractivity contribution in [3.05, 3.63) is 29.3 Å². The highest BCUT2D eigenvalue weighted by Gasteiger charge is 2.51. The van der Waals surface area contributed by atoms with Gasteiger partial charge < -0.3 is 23.7 Å². The van der Waals surface area contributed by atoms with E-state index in [1.54, 1.807) is 4.90 Å². The van der Waals surface area contributed by atoms with Crippen molar-refractivity contribution in [2.75, 3.05) is 13.1 Å². The van der Waals surface area contributed by atoms with E-state index in [9.17, 15) is 4.79 Å². The van der Waals surface area contributed by atoms with Gasteiger partial charge in [0.1, 0.15) is 6.61 Å². The van der Waals surface area contributed by atoms with Crippen LogP contribution in [0.2, 0.25) is 0 Å². The molecule has 2 heterocycles. The van der Waals surface area contributed by atoms with E-state index in [2.05, 4.69) is 0 Å². The second-order valence-corrected chi connectivity index (χ2v) is 9.04. The summed E-state index contributed by atoms with van der Waals surface area (Å²) in [5.41, 5.74) is 2.26. The normalized spacial score (nSPS) is 21.1. The van der Waals surface area contributed by atoms with Crippen molar-refractivity contribution < 1.29 is 23.6 Å². The average Bonchev–Trinajstić information content (AvgIpc) is 2.76. The number of hydrogen-bond donors (Lipinski definition) is 0. The van der Waals surface area contributed by atoms with Gasteiger partial charge >= 0.3 is 13.2 Å². The van der Waals surface area contributed by atoms with E-state index >= 15 is 0 Å². The van der Waals surface area contributed by atoms with E-state index in [1.807, 2.05) is 66.7 Å². The zero-order valence-electron chi connectivity index (χ0n) is 18.1. The summed E-state index contributed by atoms with van der Waals surface area (Å²) in [7, 11) is -0.390. The van der Waals surface area contributed by atoms with Crippen molar-refractivity contribution in [2.24, 2.45) is 0 Å². The molecule has 2 fully saturated rings. The Morgan fingerprint density at radius 1 is 1.21 bits per heavy atom. The maximum Gasteiger partial charge on any atom is 0.494 e. The Labute approximate surface area is 168 Å². The Balaban J connectivity index is 1.54. The molecule has 0 atom stereocenters. The van der Waals surface area contributed by atoms with Crippen LogP contribution >= 0.6 is 0 Å². The van der Waals surface area contributed by atoms with Crippen LogP contribution in [0.25, 0.3) is 0 Å². The molecule has 0 spiro atoms. The van der Waals surface area contributed by atoms with Gasteiger partial charge in [-0.2, -0.15) is 0 Å². The van der Waals surface area contributed by atoms with E-state index in [0.29, 0.717) is 13.1 Å². The highest BCUT2D eigenvalue weighted by atomic mass is 16.7. The minimum absolute atomic E-state index is 0.119. The molecule has 28 heavy (non-hydrogen) atoms. The van der Waals surface area contributed by atoms with Crippen LogP contribution in [0.3, 0.4) is 0 Å². The molecule has 1 amide bonds. The first-order chi connectivity index (χ1) is 13.0. The van der Waals surface area contributed by atoms with Gasteiger partial charge in [0.15, 0.2) is 0 Å². The first-order valence-corrected chi connectivity index (χ1v) is 10.0. The lowest BCUT2D eigenvalue weighted by atomic mass is 9.78. The highest BCUT2D eigenvalue weighted by Crippen LogP contribution is 2.36. The van der Waals surface area contributed by atoms with Crippen molar-refractivity contribution in [1.82, 2.24) is 4.90 Å². The molecule has 0 aliphatic carbocycles. The Morgan fingerprint density at radius 3 is 2.36 bits per heavy atom. The second-order valence-electron chi connectivity index (χ2n) is 9.04. The summed E-state index contributed by atoms with van der Waals surface area (Å²) in [5, 5.41) is 0. The molecule has 0 radical (unpaired) electrons. The zero-order valence-corrected chi connectivity index (χ0v) is 18.1. The third-order valence-corrected chi connectivity index (χ3v) is 5.81. The fourth-order valence-corrected chi connectivity index (χ4v) is 3.30. The van der Waals surface area contributed by atoms with Gasteiger partial charge in [0.25, 0.3) is 0 Å². The fraction of sp³-hybridized carbons (Fsp3) is 0.667. The van der Waals surface area contributed by atoms with Crippen molar-refractivity contribution in [2.45, 2.75) is 78.5 Å². The molecule has 0 N–H and O–H groups in total. The Kier molecular flexibility index (Phi) is 5.81. The van der Waals surface area contributed by atoms with Gasteiger partial charge in [0.05, 0.1) is 36.5 Å². The quantitative estimate of drug-likeness (QED) is 0.725. The topological polar surface area (TPSA) is 57.2 Å². The number of hydrogen-bond acceptors (Lipinski definition) is 5. The lowest BCUT2D eigenvalue weighted by Gasteiger charge is -2.38. The molecule has 3 rings (SSSR count). The summed E-state index contributed by atoms with van der Waals surface area (Å²) in [5.74, 6) is 0. The third kappa shape index (κ3) is 4.37. The SMILES string of the molecule is Cc1cc(B2OC(C)(C)C(C)(C)O2)ccc1COC(=O)N1CC(OC(C)C)C1. The van der Waals surface area contributed by atoms with Crippen LogP contribution in [0.5, 0.6) is 0 Å². The van der Waals surface area contributed by atoms with E-state index < -0.39 is 0 Å². The second kappa shape index (κ2) is 7.69. The van der Waals surface area contributed by atoms with E-state index in [4.69, 9.17) is 18.8 Å². The van der Waals surface area contributed by atoms with E-state index in [-0.39, 0.29) is 43.2 Å². The average molecular weight is 389 g/mol. The first kappa shape index (κ1) is 21.2. The van der Waals surface area contributed by atoms with Crippen LogP contribution in [0, 0.1) is 6.92 Å². The lowest BCUT2D eigenvalue weighted by Crippen LogP contribution is -2.55. The van der Waals surface area contributed by atoms with Gasteiger partial charge in [-0.25, -0.2) is 4.79 Å². The molecular weight excluding hydrogens is 357 g/mol. The molecule has 154 valence electrons. The molecule has 0 aromatic heterocycles. The van der Waals surface area contributed by atoms with Crippen LogP contribution in [0.1, 0.15) is 52.7 Å². The zero-order chi connectivity index (χ0) is 20.7. The number of carbonyl (C=O) groups excluding carboxylic acids is 1. The summed E-state index contributed by atoms with van der Waals surface area (Å²) in [4.78, 5) is 13.8. The molecule has 0 saturated carbocycles. The molecule has 0 unspecified atom stereocenters. The summed E-state index contributed by atoms with van der Waals surface area (Å²) >= 11 is 0. The fourth-order valence-electron chi connectivity index (χ4n) is 3.30. The van der Waals surface area contributed by atoms with Crippen LogP contribution in [-0.4, -0.2) is 54.6 Å². The van der Waals surface area contributed by atoms with Gasteiger partial charge in [-0.3, -0.25) is 0 Å². The molecule has 2 saturated heterocycles. The number of rotatable bonds is 5. The molecule has 6 nitrogen and oxygen atoms in total. The summed E-state index contributed by atoms with van der Waals surface area (Å²) in [6, 6.07) is 6.00. The van der Waals surface area contributed by atoms with Crippen molar-refractivity contribution in [3.8, 4) is 0 Å². The number of aryl methyl sites for hydroxylation is 1. The molecule has 1 aromatic rings. The van der Waals surface area contributed by atoms with E-state index in [0.717, 1.165) is 16.6 Å². The lowest BCUT2D eigenvalue weighted by molar-refractivity contribution is -0.0752. The Morgan fingerprint density at radius 2 is 1.82 bits per heavy atom. The molecule has 7 heteroatoms. The van der Waals surface area contributed by atoms with Crippen LogP contribution in [-0.2, 0) is 25.4 Å². The minimum atomic E-state index is -0.390. The first-order valence-electron chi connectivity index (χ1n) is 10.0. The third-order valence-electron chi connectivity index (χ3n) is 5.81. The standard InChI is InChI=1S/C21H32BNO5/c1-14(2)26-18-11-23(12-18)19(24)25-13-16-8-9-17(10-15(16)3)22-27-20(4,5)21(6,7)28-22/h8-10,14,18H,11-13H2,1-7H3. The number of likely N-dealkylation sites (tertiary alicyclic amines) is 1. The summed E-state index contributed by atoms with van der Waals surface area (Å²) in [6.07, 6.45) is -0.000153. The van der Waals surface area contributed by atoms with Crippen molar-refractivity contribution in [3.63, 3.8) is 0 Å². The van der Waals surface area contributed by atoms with Crippen LogP contribution < -0.4 is 5.46 Å². The smallest absolute Gasteiger partial charge is 0.445 e. The highest BCUT2D eigenvalue weighted by molar-refractivity contribution is 6.62. The molecule has 2 aliphatic heterocycles. The monoisotopic (exact) mass is 389 g/mol. The maximum atomic E-state index is 12.2. The number of nitrogens with zero attached hydrogens (tertiary/aromatic N) is 1. The van der Waals surface area contributed by atoms with Crippen LogP contribution in [0.15, 0.2) is 18.2 Å². The summed E-state index contributed by atoms with van der Waals surface area (Å²) < 4.78 is 23.3. The molecular formula is C21H32BNO5. The minimum Gasteiger partial charge on any atom is -0.445 e. The molecule has 2 aliphatic rings.